The van der Waals surface area contributed by atoms with Gasteiger partial charge in [0.1, 0.15) is 11.6 Å². The minimum absolute atomic E-state index is 0.0630. The van der Waals surface area contributed by atoms with E-state index in [1.807, 2.05) is 0 Å². The molecule has 0 aliphatic carbocycles. The molecule has 0 amide bonds. The lowest BCUT2D eigenvalue weighted by Gasteiger charge is -2.10. The molecule has 3 nitrogen and oxygen atoms in total. The molecule has 0 aliphatic rings. The van der Waals surface area contributed by atoms with Crippen LogP contribution >= 0.6 is 11.6 Å². The number of halogens is 3. The van der Waals surface area contributed by atoms with Gasteiger partial charge in [0.15, 0.2) is 0 Å². The van der Waals surface area contributed by atoms with Crippen molar-refractivity contribution in [3.8, 4) is 11.1 Å². The lowest BCUT2D eigenvalue weighted by Crippen LogP contribution is -2.05. The Morgan fingerprint density at radius 2 is 1.95 bits per heavy atom. The minimum atomic E-state index is -1.25. The fraction of sp³-hybridized carbons (Fsp3) is 0.0769. The summed E-state index contributed by atoms with van der Waals surface area (Å²) in [6.07, 6.45) is 1.34. The van der Waals surface area contributed by atoms with Gasteiger partial charge in [0.25, 0.3) is 0 Å². The lowest BCUT2D eigenvalue weighted by atomic mass is 9.99. The van der Waals surface area contributed by atoms with Crippen LogP contribution in [0.1, 0.15) is 16.1 Å². The number of carboxylic acid groups (broad SMARTS) is 1. The molecule has 1 aromatic carbocycles. The first-order chi connectivity index (χ1) is 8.91. The van der Waals surface area contributed by atoms with Crippen LogP contribution in [0.3, 0.4) is 0 Å². The third-order valence-electron chi connectivity index (χ3n) is 2.65. The standard InChI is InChI=1S/C13H8ClF2NO2/c1-6-12(13(18)19)7(2-3-17-6)8-4-11(16)9(14)5-10(8)15/h2-5H,1H3,(H,18,19). The Kier molecular flexibility index (Phi) is 3.48. The minimum Gasteiger partial charge on any atom is -0.478 e. The van der Waals surface area contributed by atoms with Crippen molar-refractivity contribution in [2.75, 3.05) is 0 Å². The third kappa shape index (κ3) is 2.42. The quantitative estimate of drug-likeness (QED) is 0.855. The maximum Gasteiger partial charge on any atom is 0.338 e. The molecule has 0 fully saturated rings. The number of aromatic carboxylic acids is 1. The van der Waals surface area contributed by atoms with Gasteiger partial charge in [0.2, 0.25) is 0 Å². The number of rotatable bonds is 2. The van der Waals surface area contributed by atoms with E-state index < -0.39 is 17.6 Å². The van der Waals surface area contributed by atoms with Gasteiger partial charge in [0.05, 0.1) is 16.3 Å². The van der Waals surface area contributed by atoms with E-state index in [0.29, 0.717) is 0 Å². The number of hydrogen-bond acceptors (Lipinski definition) is 2. The predicted molar refractivity (Wildman–Crippen MR) is 66.3 cm³/mol. The molecule has 0 aliphatic heterocycles. The third-order valence-corrected chi connectivity index (χ3v) is 2.94. The molecule has 0 radical (unpaired) electrons. The summed E-state index contributed by atoms with van der Waals surface area (Å²) in [7, 11) is 0. The predicted octanol–water partition coefficient (Wildman–Crippen LogP) is 3.69. The number of pyridine rings is 1. The number of carbonyl (C=O) groups is 1. The Hall–Kier alpha value is -2.01. The molecule has 19 heavy (non-hydrogen) atoms. The molecular weight excluding hydrogens is 276 g/mol. The second-order valence-electron chi connectivity index (χ2n) is 3.87. The van der Waals surface area contributed by atoms with Crippen LogP contribution in [-0.4, -0.2) is 16.1 Å². The van der Waals surface area contributed by atoms with E-state index in [0.717, 1.165) is 12.1 Å². The van der Waals surface area contributed by atoms with E-state index in [1.54, 1.807) is 0 Å². The molecule has 0 saturated heterocycles. The van der Waals surface area contributed by atoms with E-state index in [2.05, 4.69) is 4.98 Å². The Bertz CT molecular complexity index is 674. The van der Waals surface area contributed by atoms with Crippen LogP contribution in [0, 0.1) is 18.6 Å². The van der Waals surface area contributed by atoms with Gasteiger partial charge in [-0.1, -0.05) is 11.6 Å². The normalized spacial score (nSPS) is 10.5. The largest absolute Gasteiger partial charge is 0.478 e. The van der Waals surface area contributed by atoms with Crippen molar-refractivity contribution in [3.05, 3.63) is 52.3 Å². The number of aromatic nitrogens is 1. The molecule has 0 spiro atoms. The Morgan fingerprint density at radius 3 is 2.58 bits per heavy atom. The molecule has 0 atom stereocenters. The van der Waals surface area contributed by atoms with E-state index in [9.17, 15) is 13.6 Å². The lowest BCUT2D eigenvalue weighted by molar-refractivity contribution is 0.0696. The Labute approximate surface area is 112 Å². The van der Waals surface area contributed by atoms with E-state index in [1.165, 1.54) is 19.2 Å². The maximum absolute atomic E-state index is 13.8. The van der Waals surface area contributed by atoms with Gasteiger partial charge < -0.3 is 5.11 Å². The molecule has 2 rings (SSSR count). The van der Waals surface area contributed by atoms with Gasteiger partial charge >= 0.3 is 5.97 Å². The van der Waals surface area contributed by atoms with E-state index >= 15 is 0 Å². The number of carboxylic acids is 1. The Morgan fingerprint density at radius 1 is 1.26 bits per heavy atom. The van der Waals surface area contributed by atoms with Crippen molar-refractivity contribution in [2.45, 2.75) is 6.92 Å². The highest BCUT2D eigenvalue weighted by Gasteiger charge is 2.19. The van der Waals surface area contributed by atoms with Gasteiger partial charge in [-0.05, 0) is 25.1 Å². The second-order valence-corrected chi connectivity index (χ2v) is 4.28. The average molecular weight is 284 g/mol. The fourth-order valence-electron chi connectivity index (χ4n) is 1.79. The fourth-order valence-corrected chi connectivity index (χ4v) is 1.94. The average Bonchev–Trinajstić information content (AvgIpc) is 2.33. The van der Waals surface area contributed by atoms with Crippen LogP contribution in [0.5, 0.6) is 0 Å². The summed E-state index contributed by atoms with van der Waals surface area (Å²) < 4.78 is 27.2. The summed E-state index contributed by atoms with van der Waals surface area (Å²) >= 11 is 5.46. The Balaban J connectivity index is 2.76. The molecule has 0 saturated carbocycles. The maximum atomic E-state index is 13.8. The first-order valence-corrected chi connectivity index (χ1v) is 5.63. The molecule has 0 unspecified atom stereocenters. The van der Waals surface area contributed by atoms with Gasteiger partial charge in [-0.15, -0.1) is 0 Å². The molecule has 1 heterocycles. The first kappa shape index (κ1) is 13.4. The molecule has 2 aromatic rings. The van der Waals surface area contributed by atoms with Crippen molar-refractivity contribution in [1.29, 1.82) is 0 Å². The van der Waals surface area contributed by atoms with Crippen molar-refractivity contribution in [2.24, 2.45) is 0 Å². The van der Waals surface area contributed by atoms with Crippen LogP contribution < -0.4 is 0 Å². The SMILES string of the molecule is Cc1nccc(-c2cc(F)c(Cl)cc2F)c1C(=O)O. The van der Waals surface area contributed by atoms with Gasteiger partial charge in [0, 0.05) is 17.3 Å². The zero-order valence-electron chi connectivity index (χ0n) is 9.75. The molecule has 98 valence electrons. The molecule has 1 aromatic heterocycles. The summed E-state index contributed by atoms with van der Waals surface area (Å²) in [6.45, 7) is 1.48. The number of aryl methyl sites for hydroxylation is 1. The summed E-state index contributed by atoms with van der Waals surface area (Å²) in [5.41, 5.74) is -0.0410. The molecule has 0 bridgehead atoms. The van der Waals surface area contributed by atoms with Crippen LogP contribution in [-0.2, 0) is 0 Å². The molecule has 1 N–H and O–H groups in total. The van der Waals surface area contributed by atoms with Gasteiger partial charge in [-0.25, -0.2) is 13.6 Å². The topological polar surface area (TPSA) is 50.2 Å². The summed E-state index contributed by atoms with van der Waals surface area (Å²) in [6, 6.07) is 3.01. The van der Waals surface area contributed by atoms with Gasteiger partial charge in [-0.2, -0.15) is 0 Å². The highest BCUT2D eigenvalue weighted by molar-refractivity contribution is 6.30. The van der Waals surface area contributed by atoms with E-state index in [-0.39, 0.29) is 27.4 Å². The first-order valence-electron chi connectivity index (χ1n) is 5.25. The van der Waals surface area contributed by atoms with Crippen molar-refractivity contribution >= 4 is 17.6 Å². The summed E-state index contributed by atoms with van der Waals surface area (Å²) in [4.78, 5) is 15.0. The monoisotopic (exact) mass is 283 g/mol. The number of benzene rings is 1. The molecular formula is C13H8ClF2NO2. The van der Waals surface area contributed by atoms with Crippen molar-refractivity contribution < 1.29 is 18.7 Å². The highest BCUT2D eigenvalue weighted by Crippen LogP contribution is 2.30. The van der Waals surface area contributed by atoms with E-state index in [4.69, 9.17) is 16.7 Å². The zero-order valence-corrected chi connectivity index (χ0v) is 10.5. The summed E-state index contributed by atoms with van der Waals surface area (Å²) in [5.74, 6) is -2.86. The van der Waals surface area contributed by atoms with Crippen molar-refractivity contribution in [1.82, 2.24) is 4.98 Å². The second kappa shape index (κ2) is 4.93. The zero-order chi connectivity index (χ0) is 14.2. The van der Waals surface area contributed by atoms with Crippen LogP contribution in [0.25, 0.3) is 11.1 Å². The van der Waals surface area contributed by atoms with Crippen LogP contribution in [0.2, 0.25) is 5.02 Å². The number of nitrogens with zero attached hydrogens (tertiary/aromatic N) is 1. The number of hydrogen-bond donors (Lipinski definition) is 1. The smallest absolute Gasteiger partial charge is 0.338 e. The molecule has 6 heteroatoms. The summed E-state index contributed by atoms with van der Waals surface area (Å²) in [5, 5.41) is 8.78. The van der Waals surface area contributed by atoms with Crippen LogP contribution in [0.15, 0.2) is 24.4 Å². The highest BCUT2D eigenvalue weighted by atomic mass is 35.5. The van der Waals surface area contributed by atoms with Gasteiger partial charge in [-0.3, -0.25) is 4.98 Å². The van der Waals surface area contributed by atoms with Crippen molar-refractivity contribution in [3.63, 3.8) is 0 Å². The van der Waals surface area contributed by atoms with Crippen LogP contribution in [0.4, 0.5) is 8.78 Å².